The molecule has 0 aliphatic carbocycles. The van der Waals surface area contributed by atoms with Crippen molar-refractivity contribution in [1.82, 2.24) is 19.5 Å². The molecule has 0 bridgehead atoms. The van der Waals surface area contributed by atoms with E-state index in [1.165, 1.54) is 6.42 Å². The normalized spacial score (nSPS) is 10.9. The predicted molar refractivity (Wildman–Crippen MR) is 64.6 cm³/mol. The molecule has 0 atom stereocenters. The van der Waals surface area contributed by atoms with Gasteiger partial charge >= 0.3 is 0 Å². The standard InChI is InChI=1S/C11H17N5/c1-4-5-6-16-8-14-9-10(15(2)3)12-7-13-11(9)16/h7-8H,4-6H2,1-3H3. The maximum atomic E-state index is 4.39. The van der Waals surface area contributed by atoms with Crippen LogP contribution in [0.5, 0.6) is 0 Å². The minimum atomic E-state index is 0.875. The van der Waals surface area contributed by atoms with Crippen LogP contribution < -0.4 is 4.90 Å². The number of fused-ring (bicyclic) bond motifs is 1. The SMILES string of the molecule is CCCCn1cnc2c(N(C)C)ncnc21. The number of unbranched alkanes of at least 4 members (excludes halogenated alkanes) is 1. The Balaban J connectivity index is 2.44. The third-order valence-corrected chi connectivity index (χ3v) is 2.56. The number of hydrogen-bond acceptors (Lipinski definition) is 4. The molecular formula is C11H17N5. The number of nitrogens with zero attached hydrogens (tertiary/aromatic N) is 5. The van der Waals surface area contributed by atoms with Crippen molar-refractivity contribution in [3.05, 3.63) is 12.7 Å². The minimum Gasteiger partial charge on any atom is -0.361 e. The van der Waals surface area contributed by atoms with Crippen molar-refractivity contribution in [1.29, 1.82) is 0 Å². The molecule has 86 valence electrons. The molecule has 5 nitrogen and oxygen atoms in total. The number of imidazole rings is 1. The molecule has 0 aromatic carbocycles. The molecule has 2 rings (SSSR count). The summed E-state index contributed by atoms with van der Waals surface area (Å²) in [6, 6.07) is 0. The summed E-state index contributed by atoms with van der Waals surface area (Å²) in [6.07, 6.45) is 5.77. The molecule has 0 fully saturated rings. The van der Waals surface area contributed by atoms with E-state index in [1.807, 2.05) is 25.3 Å². The second-order valence-electron chi connectivity index (χ2n) is 4.06. The van der Waals surface area contributed by atoms with Crippen molar-refractivity contribution >= 4 is 17.0 Å². The van der Waals surface area contributed by atoms with E-state index < -0.39 is 0 Å². The van der Waals surface area contributed by atoms with Crippen molar-refractivity contribution in [2.45, 2.75) is 26.3 Å². The fourth-order valence-corrected chi connectivity index (χ4v) is 1.69. The summed E-state index contributed by atoms with van der Waals surface area (Å²) in [5.74, 6) is 0.875. The zero-order valence-electron chi connectivity index (χ0n) is 10.0. The molecule has 0 aliphatic heterocycles. The van der Waals surface area contributed by atoms with Gasteiger partial charge in [-0.25, -0.2) is 15.0 Å². The molecule has 0 amide bonds. The second kappa shape index (κ2) is 4.47. The Bertz CT molecular complexity index is 474. The molecule has 0 aliphatic rings. The van der Waals surface area contributed by atoms with E-state index in [4.69, 9.17) is 0 Å². The van der Waals surface area contributed by atoms with Crippen LogP contribution in [0.15, 0.2) is 12.7 Å². The molecule has 16 heavy (non-hydrogen) atoms. The first-order valence-electron chi connectivity index (χ1n) is 5.57. The van der Waals surface area contributed by atoms with Gasteiger partial charge in [0.05, 0.1) is 6.33 Å². The average Bonchev–Trinajstić information content (AvgIpc) is 2.69. The Kier molecular flexibility index (Phi) is 3.03. The second-order valence-corrected chi connectivity index (χ2v) is 4.06. The van der Waals surface area contributed by atoms with Gasteiger partial charge in [-0.1, -0.05) is 13.3 Å². The number of rotatable bonds is 4. The molecule has 0 saturated carbocycles. The van der Waals surface area contributed by atoms with Crippen LogP contribution in [0.3, 0.4) is 0 Å². The topological polar surface area (TPSA) is 46.8 Å². The lowest BCUT2D eigenvalue weighted by Gasteiger charge is -2.10. The molecule has 2 aromatic heterocycles. The van der Waals surface area contributed by atoms with Crippen molar-refractivity contribution in [2.24, 2.45) is 0 Å². The summed E-state index contributed by atoms with van der Waals surface area (Å²) >= 11 is 0. The van der Waals surface area contributed by atoms with Crippen molar-refractivity contribution in [3.63, 3.8) is 0 Å². The fraction of sp³-hybridized carbons (Fsp3) is 0.545. The molecule has 0 unspecified atom stereocenters. The summed E-state index contributed by atoms with van der Waals surface area (Å²) in [5.41, 5.74) is 1.80. The van der Waals surface area contributed by atoms with Gasteiger partial charge in [0.2, 0.25) is 0 Å². The first-order chi connectivity index (χ1) is 7.74. The first-order valence-corrected chi connectivity index (χ1v) is 5.57. The number of aryl methyl sites for hydroxylation is 1. The van der Waals surface area contributed by atoms with Crippen LogP contribution in [0, 0.1) is 0 Å². The van der Waals surface area contributed by atoms with Crippen molar-refractivity contribution < 1.29 is 0 Å². The third kappa shape index (κ3) is 1.85. The Labute approximate surface area is 95.1 Å². The fourth-order valence-electron chi connectivity index (χ4n) is 1.69. The van der Waals surface area contributed by atoms with Crippen LogP contribution in [0.4, 0.5) is 5.82 Å². The summed E-state index contributed by atoms with van der Waals surface area (Å²) in [7, 11) is 3.93. The van der Waals surface area contributed by atoms with Crippen LogP contribution in [-0.4, -0.2) is 33.6 Å². The molecule has 0 radical (unpaired) electrons. The maximum Gasteiger partial charge on any atom is 0.165 e. The van der Waals surface area contributed by atoms with E-state index in [-0.39, 0.29) is 0 Å². The summed E-state index contributed by atoms with van der Waals surface area (Å²) < 4.78 is 2.09. The van der Waals surface area contributed by atoms with Gasteiger partial charge < -0.3 is 9.47 Å². The van der Waals surface area contributed by atoms with Gasteiger partial charge in [-0.05, 0) is 6.42 Å². The zero-order valence-corrected chi connectivity index (χ0v) is 10.0. The van der Waals surface area contributed by atoms with Crippen LogP contribution in [0.25, 0.3) is 11.2 Å². The van der Waals surface area contributed by atoms with Gasteiger partial charge in [-0.15, -0.1) is 0 Å². The van der Waals surface area contributed by atoms with E-state index in [1.54, 1.807) is 6.33 Å². The van der Waals surface area contributed by atoms with E-state index in [2.05, 4.69) is 26.4 Å². The number of aromatic nitrogens is 4. The minimum absolute atomic E-state index is 0.875. The van der Waals surface area contributed by atoms with E-state index in [0.29, 0.717) is 0 Å². The number of anilines is 1. The molecule has 5 heteroatoms. The Morgan fingerprint density at radius 3 is 2.75 bits per heavy atom. The van der Waals surface area contributed by atoms with Crippen LogP contribution in [0.1, 0.15) is 19.8 Å². The molecule has 0 N–H and O–H groups in total. The highest BCUT2D eigenvalue weighted by Crippen LogP contribution is 2.19. The molecule has 0 saturated heterocycles. The Morgan fingerprint density at radius 1 is 1.25 bits per heavy atom. The van der Waals surface area contributed by atoms with Gasteiger partial charge in [0.1, 0.15) is 6.33 Å². The number of hydrogen-bond donors (Lipinski definition) is 0. The van der Waals surface area contributed by atoms with Crippen LogP contribution in [-0.2, 0) is 6.54 Å². The Morgan fingerprint density at radius 2 is 2.06 bits per heavy atom. The summed E-state index contributed by atoms with van der Waals surface area (Å²) in [5, 5.41) is 0. The lowest BCUT2D eigenvalue weighted by atomic mass is 10.3. The molecule has 2 heterocycles. The van der Waals surface area contributed by atoms with Crippen LogP contribution in [0.2, 0.25) is 0 Å². The van der Waals surface area contributed by atoms with Gasteiger partial charge in [-0.2, -0.15) is 0 Å². The smallest absolute Gasteiger partial charge is 0.165 e. The van der Waals surface area contributed by atoms with Gasteiger partial charge in [0.15, 0.2) is 17.0 Å². The highest BCUT2D eigenvalue weighted by atomic mass is 15.2. The first kappa shape index (κ1) is 10.9. The quantitative estimate of drug-likeness (QED) is 0.785. The van der Waals surface area contributed by atoms with E-state index >= 15 is 0 Å². The summed E-state index contributed by atoms with van der Waals surface area (Å²) in [4.78, 5) is 14.9. The highest BCUT2D eigenvalue weighted by Gasteiger charge is 2.10. The molecular weight excluding hydrogens is 202 g/mol. The predicted octanol–water partition coefficient (Wildman–Crippen LogP) is 1.69. The Hall–Kier alpha value is -1.65. The van der Waals surface area contributed by atoms with Gasteiger partial charge in [0, 0.05) is 20.6 Å². The van der Waals surface area contributed by atoms with Crippen molar-refractivity contribution in [3.8, 4) is 0 Å². The van der Waals surface area contributed by atoms with Crippen LogP contribution >= 0.6 is 0 Å². The highest BCUT2D eigenvalue weighted by molar-refractivity contribution is 5.82. The van der Waals surface area contributed by atoms with E-state index in [0.717, 1.165) is 29.9 Å². The molecule has 0 spiro atoms. The zero-order chi connectivity index (χ0) is 11.5. The maximum absolute atomic E-state index is 4.39. The average molecular weight is 219 g/mol. The van der Waals surface area contributed by atoms with Gasteiger partial charge in [0.25, 0.3) is 0 Å². The lowest BCUT2D eigenvalue weighted by molar-refractivity contribution is 0.641. The third-order valence-electron chi connectivity index (χ3n) is 2.56. The summed E-state index contributed by atoms with van der Waals surface area (Å²) in [6.45, 7) is 3.15. The van der Waals surface area contributed by atoms with E-state index in [9.17, 15) is 0 Å². The monoisotopic (exact) mass is 219 g/mol. The van der Waals surface area contributed by atoms with Gasteiger partial charge in [-0.3, -0.25) is 0 Å². The van der Waals surface area contributed by atoms with Crippen molar-refractivity contribution in [2.75, 3.05) is 19.0 Å². The largest absolute Gasteiger partial charge is 0.361 e. The molecule has 2 aromatic rings. The lowest BCUT2D eigenvalue weighted by Crippen LogP contribution is -2.11.